The zero-order chi connectivity index (χ0) is 22.9. The molecule has 3 aromatic rings. The van der Waals surface area contributed by atoms with Crippen LogP contribution in [0.15, 0.2) is 72.8 Å². The molecular formula is C26H24O6. The van der Waals surface area contributed by atoms with Gasteiger partial charge in [0.1, 0.15) is 12.4 Å². The second kappa shape index (κ2) is 10.8. The lowest BCUT2D eigenvalue weighted by Crippen LogP contribution is -2.10. The van der Waals surface area contributed by atoms with Gasteiger partial charge in [-0.1, -0.05) is 48.0 Å². The van der Waals surface area contributed by atoms with Crippen LogP contribution < -0.4 is 9.47 Å². The molecule has 0 aliphatic heterocycles. The molecule has 0 fully saturated rings. The standard InChI is InChI=1S/C26H24O6/c1-18-2-4-21(5-3-18)17-31-24-16-20(9-14-25(28)29)8-13-23(24)32-26(30)15-10-19-6-11-22(27)12-7-19/h2-9,11-14,16,27H,10,15,17H2,1H3,(H,28,29)/b14-9+. The Hall–Kier alpha value is -4.06. The molecule has 3 rings (SSSR count). The number of rotatable bonds is 9. The van der Waals surface area contributed by atoms with Crippen LogP contribution >= 0.6 is 0 Å². The number of carboxylic acids is 1. The molecule has 0 saturated carbocycles. The Morgan fingerprint density at radius 1 is 0.906 bits per heavy atom. The number of phenols is 1. The summed E-state index contributed by atoms with van der Waals surface area (Å²) in [5.41, 5.74) is 3.60. The van der Waals surface area contributed by atoms with Crippen molar-refractivity contribution in [2.24, 2.45) is 0 Å². The first-order chi connectivity index (χ1) is 15.4. The van der Waals surface area contributed by atoms with Gasteiger partial charge in [0.2, 0.25) is 0 Å². The molecule has 0 spiro atoms. The van der Waals surface area contributed by atoms with E-state index in [-0.39, 0.29) is 24.5 Å². The molecule has 6 nitrogen and oxygen atoms in total. The number of carbonyl (C=O) groups excluding carboxylic acids is 1. The van der Waals surface area contributed by atoms with Gasteiger partial charge in [-0.2, -0.15) is 0 Å². The number of benzene rings is 3. The van der Waals surface area contributed by atoms with Gasteiger partial charge in [-0.25, -0.2) is 4.79 Å². The number of esters is 1. The predicted octanol–water partition coefficient (Wildman–Crippen LogP) is 4.92. The predicted molar refractivity (Wildman–Crippen MR) is 121 cm³/mol. The van der Waals surface area contributed by atoms with E-state index in [1.165, 1.54) is 6.08 Å². The summed E-state index contributed by atoms with van der Waals surface area (Å²) in [7, 11) is 0. The molecule has 32 heavy (non-hydrogen) atoms. The Labute approximate surface area is 186 Å². The molecule has 0 radical (unpaired) electrons. The third-order valence-corrected chi connectivity index (χ3v) is 4.68. The number of carboxylic acid groups (broad SMARTS) is 1. The van der Waals surface area contributed by atoms with Crippen molar-refractivity contribution in [3.8, 4) is 17.2 Å². The summed E-state index contributed by atoms with van der Waals surface area (Å²) >= 11 is 0. The number of aryl methyl sites for hydroxylation is 2. The average Bonchev–Trinajstić information content (AvgIpc) is 2.78. The van der Waals surface area contributed by atoms with Crippen LogP contribution in [-0.2, 0) is 22.6 Å². The summed E-state index contributed by atoms with van der Waals surface area (Å²) in [4.78, 5) is 23.2. The molecule has 6 heteroatoms. The Balaban J connectivity index is 1.71. The van der Waals surface area contributed by atoms with E-state index in [1.807, 2.05) is 31.2 Å². The Kier molecular flexibility index (Phi) is 7.65. The van der Waals surface area contributed by atoms with E-state index in [0.717, 1.165) is 22.8 Å². The minimum absolute atomic E-state index is 0.156. The number of hydrogen-bond donors (Lipinski definition) is 2. The summed E-state index contributed by atoms with van der Waals surface area (Å²) in [6.45, 7) is 2.27. The minimum atomic E-state index is -1.06. The normalized spacial score (nSPS) is 10.8. The fraction of sp³-hybridized carbons (Fsp3) is 0.154. The SMILES string of the molecule is Cc1ccc(COc2cc(/C=C/C(=O)O)ccc2OC(=O)CCc2ccc(O)cc2)cc1. The molecular weight excluding hydrogens is 408 g/mol. The number of aliphatic carboxylic acids is 1. The largest absolute Gasteiger partial charge is 0.508 e. The van der Waals surface area contributed by atoms with Crippen molar-refractivity contribution in [1.29, 1.82) is 0 Å². The maximum Gasteiger partial charge on any atom is 0.328 e. The molecule has 3 aromatic carbocycles. The second-order valence-corrected chi connectivity index (χ2v) is 7.29. The summed E-state index contributed by atoms with van der Waals surface area (Å²) in [6.07, 6.45) is 3.10. The highest BCUT2D eigenvalue weighted by molar-refractivity contribution is 5.85. The van der Waals surface area contributed by atoms with Gasteiger partial charge in [0.25, 0.3) is 0 Å². The molecule has 0 unspecified atom stereocenters. The van der Waals surface area contributed by atoms with Crippen molar-refractivity contribution < 1.29 is 29.3 Å². The highest BCUT2D eigenvalue weighted by Gasteiger charge is 2.12. The van der Waals surface area contributed by atoms with Crippen LogP contribution in [0.5, 0.6) is 17.2 Å². The first-order valence-corrected chi connectivity index (χ1v) is 10.1. The zero-order valence-electron chi connectivity index (χ0n) is 17.7. The van der Waals surface area contributed by atoms with Crippen molar-refractivity contribution >= 4 is 18.0 Å². The van der Waals surface area contributed by atoms with E-state index >= 15 is 0 Å². The first kappa shape index (κ1) is 22.6. The van der Waals surface area contributed by atoms with Crippen molar-refractivity contribution in [3.63, 3.8) is 0 Å². The average molecular weight is 432 g/mol. The van der Waals surface area contributed by atoms with Crippen LogP contribution in [-0.4, -0.2) is 22.2 Å². The maximum absolute atomic E-state index is 12.4. The third-order valence-electron chi connectivity index (χ3n) is 4.68. The molecule has 0 atom stereocenters. The lowest BCUT2D eigenvalue weighted by molar-refractivity contribution is -0.134. The Bertz CT molecular complexity index is 1100. The first-order valence-electron chi connectivity index (χ1n) is 10.1. The van der Waals surface area contributed by atoms with Gasteiger partial charge in [-0.15, -0.1) is 0 Å². The minimum Gasteiger partial charge on any atom is -0.508 e. The van der Waals surface area contributed by atoms with Crippen LogP contribution in [0, 0.1) is 6.92 Å². The van der Waals surface area contributed by atoms with Gasteiger partial charge in [-0.05, 0) is 60.4 Å². The van der Waals surface area contributed by atoms with Crippen LogP contribution in [0.2, 0.25) is 0 Å². The van der Waals surface area contributed by atoms with Crippen molar-refractivity contribution in [3.05, 3.63) is 95.1 Å². The molecule has 0 aliphatic carbocycles. The van der Waals surface area contributed by atoms with E-state index in [0.29, 0.717) is 17.7 Å². The highest BCUT2D eigenvalue weighted by atomic mass is 16.6. The number of phenolic OH excluding ortho intramolecular Hbond substituents is 1. The molecule has 164 valence electrons. The van der Waals surface area contributed by atoms with Crippen LogP contribution in [0.3, 0.4) is 0 Å². The van der Waals surface area contributed by atoms with Crippen LogP contribution in [0.1, 0.15) is 28.7 Å². The smallest absolute Gasteiger partial charge is 0.328 e. The van der Waals surface area contributed by atoms with E-state index in [1.54, 1.807) is 42.5 Å². The fourth-order valence-corrected chi connectivity index (χ4v) is 2.92. The van der Waals surface area contributed by atoms with Gasteiger partial charge < -0.3 is 19.7 Å². The molecule has 0 bridgehead atoms. The monoisotopic (exact) mass is 432 g/mol. The summed E-state index contributed by atoms with van der Waals surface area (Å²) in [5.74, 6) is -0.705. The topological polar surface area (TPSA) is 93.1 Å². The van der Waals surface area contributed by atoms with Crippen molar-refractivity contribution in [2.75, 3.05) is 0 Å². The highest BCUT2D eigenvalue weighted by Crippen LogP contribution is 2.30. The van der Waals surface area contributed by atoms with Gasteiger partial charge >= 0.3 is 11.9 Å². The molecule has 0 amide bonds. The molecule has 2 N–H and O–H groups in total. The van der Waals surface area contributed by atoms with Crippen LogP contribution in [0.4, 0.5) is 0 Å². The van der Waals surface area contributed by atoms with Crippen LogP contribution in [0.25, 0.3) is 6.08 Å². The zero-order valence-corrected chi connectivity index (χ0v) is 17.7. The van der Waals surface area contributed by atoms with Gasteiger partial charge in [0, 0.05) is 12.5 Å². The van der Waals surface area contributed by atoms with Gasteiger partial charge in [-0.3, -0.25) is 4.79 Å². The number of hydrogen-bond acceptors (Lipinski definition) is 5. The second-order valence-electron chi connectivity index (χ2n) is 7.29. The van der Waals surface area contributed by atoms with Crippen molar-refractivity contribution in [2.45, 2.75) is 26.4 Å². The Morgan fingerprint density at radius 2 is 1.59 bits per heavy atom. The molecule has 0 heterocycles. The van der Waals surface area contributed by atoms with E-state index < -0.39 is 11.9 Å². The summed E-state index contributed by atoms with van der Waals surface area (Å²) in [5, 5.41) is 18.2. The number of carbonyl (C=O) groups is 2. The van der Waals surface area contributed by atoms with Gasteiger partial charge in [0.15, 0.2) is 11.5 Å². The van der Waals surface area contributed by atoms with Crippen molar-refractivity contribution in [1.82, 2.24) is 0 Å². The van der Waals surface area contributed by atoms with E-state index in [4.69, 9.17) is 14.6 Å². The molecule has 0 aromatic heterocycles. The Morgan fingerprint density at radius 3 is 2.28 bits per heavy atom. The van der Waals surface area contributed by atoms with Gasteiger partial charge in [0.05, 0.1) is 0 Å². The lowest BCUT2D eigenvalue weighted by atomic mass is 10.1. The van der Waals surface area contributed by atoms with E-state index in [9.17, 15) is 14.7 Å². The molecule has 0 saturated heterocycles. The maximum atomic E-state index is 12.4. The number of aromatic hydroxyl groups is 1. The third kappa shape index (κ3) is 7.02. The lowest BCUT2D eigenvalue weighted by Gasteiger charge is -2.13. The van der Waals surface area contributed by atoms with E-state index in [2.05, 4.69) is 0 Å². The molecule has 0 aliphatic rings. The summed E-state index contributed by atoms with van der Waals surface area (Å²) < 4.78 is 11.4. The summed E-state index contributed by atoms with van der Waals surface area (Å²) in [6, 6.07) is 19.4. The fourth-order valence-electron chi connectivity index (χ4n) is 2.92. The quantitative estimate of drug-likeness (QED) is 0.283. The number of ether oxygens (including phenoxy) is 2.